The molecule has 0 unspecified atom stereocenters. The SMILES string of the molecule is O=C(O)CCc1coc(C2CCNCC2)n1. The highest BCUT2D eigenvalue weighted by molar-refractivity contribution is 5.66. The number of carbonyl (C=O) groups is 1. The van der Waals surface area contributed by atoms with Gasteiger partial charge in [-0.25, -0.2) is 4.98 Å². The number of aromatic nitrogens is 1. The Morgan fingerprint density at radius 1 is 1.56 bits per heavy atom. The van der Waals surface area contributed by atoms with Gasteiger partial charge >= 0.3 is 5.97 Å². The van der Waals surface area contributed by atoms with Crippen molar-refractivity contribution in [2.45, 2.75) is 31.6 Å². The lowest BCUT2D eigenvalue weighted by Gasteiger charge is -2.19. The normalized spacial score (nSPS) is 17.5. The van der Waals surface area contributed by atoms with Gasteiger partial charge < -0.3 is 14.8 Å². The Morgan fingerprint density at radius 3 is 3.00 bits per heavy atom. The lowest BCUT2D eigenvalue weighted by molar-refractivity contribution is -0.136. The number of carboxylic acid groups (broad SMARTS) is 1. The zero-order valence-electron chi connectivity index (χ0n) is 9.11. The third kappa shape index (κ3) is 2.82. The molecule has 1 aromatic rings. The monoisotopic (exact) mass is 224 g/mol. The van der Waals surface area contributed by atoms with Crippen molar-refractivity contribution in [1.29, 1.82) is 0 Å². The first-order valence-corrected chi connectivity index (χ1v) is 5.62. The van der Waals surface area contributed by atoms with Gasteiger partial charge in [-0.2, -0.15) is 0 Å². The number of rotatable bonds is 4. The van der Waals surface area contributed by atoms with Crippen LogP contribution in [0.3, 0.4) is 0 Å². The van der Waals surface area contributed by atoms with Crippen molar-refractivity contribution in [2.24, 2.45) is 0 Å². The van der Waals surface area contributed by atoms with E-state index in [1.165, 1.54) is 0 Å². The van der Waals surface area contributed by atoms with Crippen LogP contribution >= 0.6 is 0 Å². The molecule has 1 aliphatic rings. The summed E-state index contributed by atoms with van der Waals surface area (Å²) in [6.07, 6.45) is 4.22. The average molecular weight is 224 g/mol. The fraction of sp³-hybridized carbons (Fsp3) is 0.636. The molecule has 1 saturated heterocycles. The van der Waals surface area contributed by atoms with Crippen LogP contribution in [-0.2, 0) is 11.2 Å². The zero-order chi connectivity index (χ0) is 11.4. The summed E-state index contributed by atoms with van der Waals surface area (Å²) in [6, 6.07) is 0. The Balaban J connectivity index is 1.93. The second-order valence-electron chi connectivity index (χ2n) is 4.10. The smallest absolute Gasteiger partial charge is 0.303 e. The molecule has 88 valence electrons. The first-order valence-electron chi connectivity index (χ1n) is 5.62. The molecule has 2 N–H and O–H groups in total. The van der Waals surface area contributed by atoms with Gasteiger partial charge in [0, 0.05) is 12.3 Å². The van der Waals surface area contributed by atoms with E-state index in [4.69, 9.17) is 9.52 Å². The molecule has 5 heteroatoms. The van der Waals surface area contributed by atoms with Crippen LogP contribution in [0.4, 0.5) is 0 Å². The van der Waals surface area contributed by atoms with Crippen molar-refractivity contribution in [2.75, 3.05) is 13.1 Å². The van der Waals surface area contributed by atoms with Crippen molar-refractivity contribution in [3.63, 3.8) is 0 Å². The molecular formula is C11H16N2O3. The topological polar surface area (TPSA) is 75.4 Å². The molecule has 1 aromatic heterocycles. The van der Waals surface area contributed by atoms with E-state index in [0.29, 0.717) is 12.3 Å². The van der Waals surface area contributed by atoms with Crippen LogP contribution in [0, 0.1) is 0 Å². The fourth-order valence-corrected chi connectivity index (χ4v) is 1.93. The largest absolute Gasteiger partial charge is 0.481 e. The summed E-state index contributed by atoms with van der Waals surface area (Å²) in [4.78, 5) is 14.8. The summed E-state index contributed by atoms with van der Waals surface area (Å²) < 4.78 is 5.40. The van der Waals surface area contributed by atoms with Crippen LogP contribution in [0.5, 0.6) is 0 Å². The number of hydrogen-bond acceptors (Lipinski definition) is 4. The molecule has 0 bridgehead atoms. The van der Waals surface area contributed by atoms with Gasteiger partial charge in [-0.1, -0.05) is 0 Å². The van der Waals surface area contributed by atoms with E-state index in [2.05, 4.69) is 10.3 Å². The van der Waals surface area contributed by atoms with Crippen molar-refractivity contribution in [1.82, 2.24) is 10.3 Å². The highest BCUT2D eigenvalue weighted by atomic mass is 16.4. The number of nitrogens with one attached hydrogen (secondary N) is 1. The Bertz CT molecular complexity index is 356. The first kappa shape index (κ1) is 11.1. The molecule has 16 heavy (non-hydrogen) atoms. The molecule has 5 nitrogen and oxygen atoms in total. The van der Waals surface area contributed by atoms with E-state index in [1.807, 2.05) is 0 Å². The number of piperidine rings is 1. The van der Waals surface area contributed by atoms with Crippen molar-refractivity contribution in [3.05, 3.63) is 17.8 Å². The molecule has 1 aliphatic heterocycles. The molecule has 0 aliphatic carbocycles. The average Bonchev–Trinajstić information content (AvgIpc) is 2.76. The minimum Gasteiger partial charge on any atom is -0.481 e. The molecule has 0 spiro atoms. The second kappa shape index (κ2) is 5.12. The van der Waals surface area contributed by atoms with Gasteiger partial charge in [0.1, 0.15) is 6.26 Å². The summed E-state index contributed by atoms with van der Waals surface area (Å²) in [5.41, 5.74) is 0.746. The van der Waals surface area contributed by atoms with Gasteiger partial charge in [0.25, 0.3) is 0 Å². The molecule has 1 fully saturated rings. The van der Waals surface area contributed by atoms with E-state index in [9.17, 15) is 4.79 Å². The Kier molecular flexibility index (Phi) is 3.56. The van der Waals surface area contributed by atoms with Crippen LogP contribution in [-0.4, -0.2) is 29.1 Å². The summed E-state index contributed by atoms with van der Waals surface area (Å²) in [5, 5.41) is 11.8. The Labute approximate surface area is 93.9 Å². The fourth-order valence-electron chi connectivity index (χ4n) is 1.93. The van der Waals surface area contributed by atoms with E-state index in [0.717, 1.165) is 37.5 Å². The van der Waals surface area contributed by atoms with Crippen LogP contribution in [0.2, 0.25) is 0 Å². The number of hydrogen-bond donors (Lipinski definition) is 2. The molecule has 2 heterocycles. The summed E-state index contributed by atoms with van der Waals surface area (Å²) >= 11 is 0. The Hall–Kier alpha value is -1.36. The first-order chi connectivity index (χ1) is 7.75. The quantitative estimate of drug-likeness (QED) is 0.802. The van der Waals surface area contributed by atoms with Crippen molar-refractivity contribution in [3.8, 4) is 0 Å². The van der Waals surface area contributed by atoms with Crippen molar-refractivity contribution < 1.29 is 14.3 Å². The van der Waals surface area contributed by atoms with Gasteiger partial charge in [0.05, 0.1) is 12.1 Å². The van der Waals surface area contributed by atoms with Gasteiger partial charge in [-0.3, -0.25) is 4.79 Å². The maximum Gasteiger partial charge on any atom is 0.303 e. The van der Waals surface area contributed by atoms with E-state index in [-0.39, 0.29) is 6.42 Å². The van der Waals surface area contributed by atoms with Gasteiger partial charge in [-0.15, -0.1) is 0 Å². The van der Waals surface area contributed by atoms with Gasteiger partial charge in [-0.05, 0) is 25.9 Å². The third-order valence-corrected chi connectivity index (χ3v) is 2.85. The molecule has 2 rings (SSSR count). The van der Waals surface area contributed by atoms with Crippen LogP contribution < -0.4 is 5.32 Å². The van der Waals surface area contributed by atoms with Crippen LogP contribution in [0.25, 0.3) is 0 Å². The number of nitrogens with zero attached hydrogens (tertiary/aromatic N) is 1. The molecule has 0 saturated carbocycles. The second-order valence-corrected chi connectivity index (χ2v) is 4.10. The summed E-state index contributed by atoms with van der Waals surface area (Å²) in [5.74, 6) is 0.355. The van der Waals surface area contributed by atoms with Gasteiger partial charge in [0.15, 0.2) is 5.89 Å². The number of oxazole rings is 1. The maximum absolute atomic E-state index is 10.4. The molecule has 0 aromatic carbocycles. The van der Waals surface area contributed by atoms with Gasteiger partial charge in [0.2, 0.25) is 0 Å². The minimum absolute atomic E-state index is 0.109. The van der Waals surface area contributed by atoms with Crippen molar-refractivity contribution >= 4 is 5.97 Å². The summed E-state index contributed by atoms with van der Waals surface area (Å²) in [6.45, 7) is 2.00. The molecule has 0 amide bonds. The molecule has 0 atom stereocenters. The predicted octanol–water partition coefficient (Wildman–Crippen LogP) is 1.16. The number of carboxylic acids is 1. The lowest BCUT2D eigenvalue weighted by atomic mass is 9.98. The van der Waals surface area contributed by atoms with Crippen LogP contribution in [0.15, 0.2) is 10.7 Å². The highest BCUT2D eigenvalue weighted by Gasteiger charge is 2.20. The standard InChI is InChI=1S/C11H16N2O3/c14-10(15)2-1-9-7-16-11(13-9)8-3-5-12-6-4-8/h7-8,12H,1-6H2,(H,14,15). The Morgan fingerprint density at radius 2 is 2.31 bits per heavy atom. The molecule has 0 radical (unpaired) electrons. The highest BCUT2D eigenvalue weighted by Crippen LogP contribution is 2.24. The lowest BCUT2D eigenvalue weighted by Crippen LogP contribution is -2.26. The minimum atomic E-state index is -0.800. The van der Waals surface area contributed by atoms with E-state index < -0.39 is 5.97 Å². The molecular weight excluding hydrogens is 208 g/mol. The van der Waals surface area contributed by atoms with E-state index in [1.54, 1.807) is 6.26 Å². The number of aryl methyl sites for hydroxylation is 1. The van der Waals surface area contributed by atoms with Crippen LogP contribution in [0.1, 0.15) is 36.8 Å². The zero-order valence-corrected chi connectivity index (χ0v) is 9.11. The van der Waals surface area contributed by atoms with E-state index >= 15 is 0 Å². The number of aliphatic carboxylic acids is 1. The summed E-state index contributed by atoms with van der Waals surface area (Å²) in [7, 11) is 0. The predicted molar refractivity (Wildman–Crippen MR) is 57.3 cm³/mol. The maximum atomic E-state index is 10.4. The third-order valence-electron chi connectivity index (χ3n) is 2.85.